The number of anilines is 2. The van der Waals surface area contributed by atoms with Crippen LogP contribution in [-0.4, -0.2) is 35.3 Å². The summed E-state index contributed by atoms with van der Waals surface area (Å²) in [7, 11) is 0. The van der Waals surface area contributed by atoms with Crippen molar-refractivity contribution >= 4 is 11.8 Å². The number of morpholine rings is 1. The van der Waals surface area contributed by atoms with Gasteiger partial charge < -0.3 is 15.4 Å². The molecule has 0 amide bonds. The van der Waals surface area contributed by atoms with E-state index in [1.165, 1.54) is 0 Å². The fourth-order valence-corrected chi connectivity index (χ4v) is 1.72. The Morgan fingerprint density at radius 3 is 3.00 bits per heavy atom. The van der Waals surface area contributed by atoms with Crippen molar-refractivity contribution < 1.29 is 4.74 Å². The monoisotopic (exact) mass is 208 g/mol. The molecule has 2 heterocycles. The second-order valence-corrected chi connectivity index (χ2v) is 4.30. The Labute approximate surface area is 89.3 Å². The molecule has 1 aromatic rings. The predicted octanol–water partition coefficient (Wildman–Crippen LogP) is 0.674. The van der Waals surface area contributed by atoms with Crippen LogP contribution in [0.2, 0.25) is 0 Å². The standard InChI is InChI=1S/C10H16N4O/c1-10(2)7-15-6-5-14(10)9-12-4-3-8(11)13-9/h3-4H,5-7H2,1-2H3,(H2,11,12,13). The Kier molecular flexibility index (Phi) is 2.48. The minimum Gasteiger partial charge on any atom is -0.384 e. The maximum atomic E-state index is 5.64. The zero-order chi connectivity index (χ0) is 10.9. The van der Waals surface area contributed by atoms with Gasteiger partial charge in [0.05, 0.1) is 18.8 Å². The highest BCUT2D eigenvalue weighted by atomic mass is 16.5. The summed E-state index contributed by atoms with van der Waals surface area (Å²) >= 11 is 0. The van der Waals surface area contributed by atoms with Gasteiger partial charge in [0.2, 0.25) is 5.95 Å². The average Bonchev–Trinajstić information content (AvgIpc) is 2.17. The summed E-state index contributed by atoms with van der Waals surface area (Å²) in [5, 5.41) is 0. The van der Waals surface area contributed by atoms with E-state index in [2.05, 4.69) is 28.7 Å². The maximum Gasteiger partial charge on any atom is 0.227 e. The lowest BCUT2D eigenvalue weighted by Crippen LogP contribution is -2.53. The molecule has 0 bridgehead atoms. The molecule has 0 atom stereocenters. The minimum absolute atomic E-state index is 0.0773. The molecule has 5 heteroatoms. The van der Waals surface area contributed by atoms with Gasteiger partial charge >= 0.3 is 0 Å². The number of nitrogen functional groups attached to an aromatic ring is 1. The van der Waals surface area contributed by atoms with Crippen LogP contribution in [0.4, 0.5) is 11.8 Å². The number of hydrogen-bond donors (Lipinski definition) is 1. The number of rotatable bonds is 1. The van der Waals surface area contributed by atoms with Gasteiger partial charge in [-0.1, -0.05) is 0 Å². The smallest absolute Gasteiger partial charge is 0.227 e. The summed E-state index contributed by atoms with van der Waals surface area (Å²) < 4.78 is 5.44. The molecular weight excluding hydrogens is 192 g/mol. The number of ether oxygens (including phenoxy) is 1. The Balaban J connectivity index is 2.29. The van der Waals surface area contributed by atoms with Crippen molar-refractivity contribution in [1.29, 1.82) is 0 Å². The second-order valence-electron chi connectivity index (χ2n) is 4.30. The molecule has 15 heavy (non-hydrogen) atoms. The number of aromatic nitrogens is 2. The molecule has 0 spiro atoms. The molecule has 1 aliphatic rings. The van der Waals surface area contributed by atoms with Crippen molar-refractivity contribution in [2.75, 3.05) is 30.4 Å². The molecule has 1 fully saturated rings. The van der Waals surface area contributed by atoms with Gasteiger partial charge in [0, 0.05) is 12.7 Å². The average molecular weight is 208 g/mol. The first-order valence-electron chi connectivity index (χ1n) is 5.03. The normalized spacial score (nSPS) is 20.3. The molecule has 2 N–H and O–H groups in total. The van der Waals surface area contributed by atoms with Crippen LogP contribution in [0.15, 0.2) is 12.3 Å². The molecular formula is C10H16N4O. The molecule has 1 saturated heterocycles. The number of hydrogen-bond acceptors (Lipinski definition) is 5. The molecule has 1 aromatic heterocycles. The molecule has 2 rings (SSSR count). The SMILES string of the molecule is CC1(C)COCCN1c1nccc(N)n1. The first-order chi connectivity index (χ1) is 7.09. The molecule has 1 aliphatic heterocycles. The molecule has 0 aliphatic carbocycles. The summed E-state index contributed by atoms with van der Waals surface area (Å²) in [5.41, 5.74) is 5.57. The van der Waals surface area contributed by atoms with Crippen LogP contribution in [0.5, 0.6) is 0 Å². The highest BCUT2D eigenvalue weighted by Gasteiger charge is 2.32. The van der Waals surface area contributed by atoms with Gasteiger partial charge in [-0.25, -0.2) is 4.98 Å². The van der Waals surface area contributed by atoms with E-state index in [-0.39, 0.29) is 5.54 Å². The molecule has 0 aromatic carbocycles. The van der Waals surface area contributed by atoms with Crippen LogP contribution in [0.25, 0.3) is 0 Å². The second kappa shape index (κ2) is 3.66. The van der Waals surface area contributed by atoms with Crippen LogP contribution in [-0.2, 0) is 4.74 Å². The third-order valence-corrected chi connectivity index (χ3v) is 2.55. The topological polar surface area (TPSA) is 64.3 Å². The maximum absolute atomic E-state index is 5.64. The van der Waals surface area contributed by atoms with E-state index < -0.39 is 0 Å². The summed E-state index contributed by atoms with van der Waals surface area (Å²) in [4.78, 5) is 10.6. The van der Waals surface area contributed by atoms with E-state index in [4.69, 9.17) is 10.5 Å². The number of nitrogens with two attached hydrogens (primary N) is 1. The summed E-state index contributed by atoms with van der Waals surface area (Å²) in [6, 6.07) is 1.69. The van der Waals surface area contributed by atoms with Crippen molar-refractivity contribution in [2.24, 2.45) is 0 Å². The van der Waals surface area contributed by atoms with E-state index in [1.54, 1.807) is 12.3 Å². The highest BCUT2D eigenvalue weighted by Crippen LogP contribution is 2.23. The lowest BCUT2D eigenvalue weighted by Gasteiger charge is -2.42. The minimum atomic E-state index is -0.0773. The first kappa shape index (κ1) is 10.2. The lowest BCUT2D eigenvalue weighted by atomic mass is 10.0. The van der Waals surface area contributed by atoms with Crippen LogP contribution in [0, 0.1) is 0 Å². The summed E-state index contributed by atoms with van der Waals surface area (Å²) in [6.45, 7) is 6.42. The third kappa shape index (κ3) is 2.02. The van der Waals surface area contributed by atoms with Gasteiger partial charge in [0.1, 0.15) is 5.82 Å². The largest absolute Gasteiger partial charge is 0.384 e. The van der Waals surface area contributed by atoms with Crippen molar-refractivity contribution in [3.8, 4) is 0 Å². The van der Waals surface area contributed by atoms with E-state index in [1.807, 2.05) is 0 Å². The lowest BCUT2D eigenvalue weighted by molar-refractivity contribution is 0.0634. The molecule has 0 saturated carbocycles. The van der Waals surface area contributed by atoms with Crippen molar-refractivity contribution in [3.05, 3.63) is 12.3 Å². The highest BCUT2D eigenvalue weighted by molar-refractivity contribution is 5.40. The van der Waals surface area contributed by atoms with Gasteiger partial charge in [-0.15, -0.1) is 0 Å². The third-order valence-electron chi connectivity index (χ3n) is 2.55. The van der Waals surface area contributed by atoms with Gasteiger partial charge in [-0.2, -0.15) is 4.98 Å². The summed E-state index contributed by atoms with van der Waals surface area (Å²) in [6.07, 6.45) is 1.68. The Bertz CT molecular complexity index is 353. The molecule has 0 unspecified atom stereocenters. The number of nitrogens with zero attached hydrogens (tertiary/aromatic N) is 3. The van der Waals surface area contributed by atoms with Crippen LogP contribution >= 0.6 is 0 Å². The van der Waals surface area contributed by atoms with Crippen LogP contribution in [0.1, 0.15) is 13.8 Å². The van der Waals surface area contributed by atoms with Crippen molar-refractivity contribution in [3.63, 3.8) is 0 Å². The van der Waals surface area contributed by atoms with Gasteiger partial charge in [-0.05, 0) is 19.9 Å². The fraction of sp³-hybridized carbons (Fsp3) is 0.600. The Hall–Kier alpha value is -1.36. The fourth-order valence-electron chi connectivity index (χ4n) is 1.72. The van der Waals surface area contributed by atoms with Crippen LogP contribution < -0.4 is 10.6 Å². The van der Waals surface area contributed by atoms with Crippen molar-refractivity contribution in [1.82, 2.24) is 9.97 Å². The zero-order valence-electron chi connectivity index (χ0n) is 9.10. The van der Waals surface area contributed by atoms with Crippen LogP contribution in [0.3, 0.4) is 0 Å². The zero-order valence-corrected chi connectivity index (χ0v) is 9.10. The van der Waals surface area contributed by atoms with Gasteiger partial charge in [0.15, 0.2) is 0 Å². The quantitative estimate of drug-likeness (QED) is 0.735. The van der Waals surface area contributed by atoms with Gasteiger partial charge in [0.25, 0.3) is 0 Å². The molecule has 82 valence electrons. The first-order valence-corrected chi connectivity index (χ1v) is 5.03. The van der Waals surface area contributed by atoms with Gasteiger partial charge in [-0.3, -0.25) is 0 Å². The molecule has 5 nitrogen and oxygen atoms in total. The summed E-state index contributed by atoms with van der Waals surface area (Å²) in [5.74, 6) is 1.19. The Morgan fingerprint density at radius 1 is 1.53 bits per heavy atom. The molecule has 0 radical (unpaired) electrons. The predicted molar refractivity (Wildman–Crippen MR) is 58.7 cm³/mol. The van der Waals surface area contributed by atoms with E-state index in [9.17, 15) is 0 Å². The Morgan fingerprint density at radius 2 is 2.33 bits per heavy atom. The van der Waals surface area contributed by atoms with E-state index in [0.717, 1.165) is 6.54 Å². The van der Waals surface area contributed by atoms with E-state index in [0.29, 0.717) is 25.0 Å². The van der Waals surface area contributed by atoms with Crippen molar-refractivity contribution in [2.45, 2.75) is 19.4 Å². The van der Waals surface area contributed by atoms with E-state index >= 15 is 0 Å².